The second-order valence-electron chi connectivity index (χ2n) is 6.51. The lowest BCUT2D eigenvalue weighted by atomic mass is 9.85. The summed E-state index contributed by atoms with van der Waals surface area (Å²) in [6.07, 6.45) is 6.09. The van der Waals surface area contributed by atoms with E-state index in [0.717, 1.165) is 27.3 Å². The fraction of sp³-hybridized carbons (Fsp3) is 0.529. The Morgan fingerprint density at radius 2 is 2.23 bits per heavy atom. The maximum atomic E-state index is 12.5. The Balaban J connectivity index is 1.46. The second kappa shape index (κ2) is 5.63. The molecule has 2 aromatic rings. The predicted octanol–water partition coefficient (Wildman–Crippen LogP) is 3.46. The van der Waals surface area contributed by atoms with E-state index in [1.54, 1.807) is 11.3 Å². The van der Waals surface area contributed by atoms with E-state index in [1.165, 1.54) is 25.7 Å². The van der Waals surface area contributed by atoms with Gasteiger partial charge in [-0.3, -0.25) is 4.79 Å². The molecular weight excluding hydrogens is 294 g/mol. The number of carbonyl (C=O) groups excluding carboxylic acids is 1. The molecule has 0 bridgehead atoms. The Morgan fingerprint density at radius 3 is 3.09 bits per heavy atom. The van der Waals surface area contributed by atoms with Crippen molar-refractivity contribution in [2.45, 2.75) is 51.1 Å². The minimum Gasteiger partial charge on any atom is -0.325 e. The topological polar surface area (TPSA) is 54.0 Å². The Labute approximate surface area is 134 Å². The standard InChI is InChI=1S/C17H21N3OS/c1-10-18-14-7-6-12(9-16(14)22-10)19-17(21)15-8-11-4-2-3-5-13(11)20-15/h6-7,9,11,13,15,20H,2-5,8H2,1H3,(H,19,21). The van der Waals surface area contributed by atoms with Gasteiger partial charge in [0.2, 0.25) is 5.91 Å². The van der Waals surface area contributed by atoms with E-state index >= 15 is 0 Å². The number of hydrogen-bond donors (Lipinski definition) is 2. The van der Waals surface area contributed by atoms with Crippen molar-refractivity contribution in [3.63, 3.8) is 0 Å². The summed E-state index contributed by atoms with van der Waals surface area (Å²) < 4.78 is 1.13. The number of nitrogens with one attached hydrogen (secondary N) is 2. The van der Waals surface area contributed by atoms with Crippen molar-refractivity contribution in [3.05, 3.63) is 23.2 Å². The Hall–Kier alpha value is -1.46. The molecule has 2 heterocycles. The van der Waals surface area contributed by atoms with Crippen molar-refractivity contribution < 1.29 is 4.79 Å². The third-order valence-electron chi connectivity index (χ3n) is 4.94. The molecule has 1 amide bonds. The molecule has 2 N–H and O–H groups in total. The number of aryl methyl sites for hydroxylation is 1. The van der Waals surface area contributed by atoms with Crippen molar-refractivity contribution in [1.29, 1.82) is 0 Å². The zero-order chi connectivity index (χ0) is 15.1. The molecule has 4 rings (SSSR count). The molecule has 1 aromatic heterocycles. The molecule has 1 saturated heterocycles. The first-order valence-electron chi connectivity index (χ1n) is 8.13. The van der Waals surface area contributed by atoms with E-state index in [2.05, 4.69) is 15.6 Å². The molecule has 116 valence electrons. The number of rotatable bonds is 2. The van der Waals surface area contributed by atoms with Gasteiger partial charge >= 0.3 is 0 Å². The molecule has 1 aliphatic carbocycles. The number of amides is 1. The molecule has 2 fully saturated rings. The van der Waals surface area contributed by atoms with Crippen LogP contribution in [0.4, 0.5) is 5.69 Å². The van der Waals surface area contributed by atoms with Crippen molar-refractivity contribution >= 4 is 33.1 Å². The van der Waals surface area contributed by atoms with Crippen molar-refractivity contribution in [1.82, 2.24) is 10.3 Å². The average molecular weight is 315 g/mol. The van der Waals surface area contributed by atoms with Gasteiger partial charge in [-0.25, -0.2) is 4.98 Å². The maximum absolute atomic E-state index is 12.5. The van der Waals surface area contributed by atoms with E-state index in [4.69, 9.17) is 0 Å². The second-order valence-corrected chi connectivity index (χ2v) is 7.75. The molecule has 5 heteroatoms. The smallest absolute Gasteiger partial charge is 0.241 e. The molecule has 1 aliphatic heterocycles. The lowest BCUT2D eigenvalue weighted by molar-refractivity contribution is -0.117. The highest BCUT2D eigenvalue weighted by molar-refractivity contribution is 7.18. The van der Waals surface area contributed by atoms with Gasteiger partial charge in [-0.05, 0) is 50.3 Å². The lowest BCUT2D eigenvalue weighted by Gasteiger charge is -2.24. The number of hydrogen-bond acceptors (Lipinski definition) is 4. The van der Waals surface area contributed by atoms with Gasteiger partial charge in [-0.15, -0.1) is 11.3 Å². The number of aromatic nitrogens is 1. The third kappa shape index (κ3) is 2.63. The SMILES string of the molecule is Cc1nc2ccc(NC(=O)C3CC4CCCCC4N3)cc2s1. The normalized spacial score (nSPS) is 27.8. The molecule has 3 atom stereocenters. The minimum absolute atomic E-state index is 0.0352. The van der Waals surface area contributed by atoms with Crippen LogP contribution < -0.4 is 10.6 Å². The van der Waals surface area contributed by atoms with Gasteiger partial charge in [0.05, 0.1) is 21.3 Å². The minimum atomic E-state index is -0.0352. The van der Waals surface area contributed by atoms with Crippen molar-refractivity contribution in [2.75, 3.05) is 5.32 Å². The van der Waals surface area contributed by atoms with E-state index in [0.29, 0.717) is 12.0 Å². The Morgan fingerprint density at radius 1 is 1.36 bits per heavy atom. The molecule has 1 aromatic carbocycles. The summed E-state index contributed by atoms with van der Waals surface area (Å²) in [5.74, 6) is 0.797. The molecule has 3 unspecified atom stereocenters. The van der Waals surface area contributed by atoms with Crippen LogP contribution in [0.3, 0.4) is 0 Å². The summed E-state index contributed by atoms with van der Waals surface area (Å²) in [5, 5.41) is 7.66. The largest absolute Gasteiger partial charge is 0.325 e. The summed E-state index contributed by atoms with van der Waals surface area (Å²) in [7, 11) is 0. The van der Waals surface area contributed by atoms with Crippen LogP contribution in [0, 0.1) is 12.8 Å². The number of anilines is 1. The van der Waals surface area contributed by atoms with Crippen LogP contribution in [0.15, 0.2) is 18.2 Å². The molecule has 2 aliphatic rings. The number of carbonyl (C=O) groups is 1. The van der Waals surface area contributed by atoms with Crippen LogP contribution in [-0.4, -0.2) is 23.0 Å². The molecule has 1 saturated carbocycles. The Kier molecular flexibility index (Phi) is 3.62. The van der Waals surface area contributed by atoms with Crippen molar-refractivity contribution in [3.8, 4) is 0 Å². The summed E-state index contributed by atoms with van der Waals surface area (Å²) >= 11 is 1.66. The summed E-state index contributed by atoms with van der Waals surface area (Å²) in [4.78, 5) is 17.0. The highest BCUT2D eigenvalue weighted by Crippen LogP contribution is 2.33. The molecule has 0 spiro atoms. The molecule has 22 heavy (non-hydrogen) atoms. The number of thiazole rings is 1. The van der Waals surface area contributed by atoms with E-state index in [-0.39, 0.29) is 11.9 Å². The third-order valence-corrected chi connectivity index (χ3v) is 5.88. The van der Waals surface area contributed by atoms with Gasteiger partial charge in [-0.1, -0.05) is 12.8 Å². The predicted molar refractivity (Wildman–Crippen MR) is 90.3 cm³/mol. The first kappa shape index (κ1) is 14.2. The summed E-state index contributed by atoms with van der Waals surface area (Å²) in [6.45, 7) is 2.01. The van der Waals surface area contributed by atoms with Gasteiger partial charge in [-0.2, -0.15) is 0 Å². The monoisotopic (exact) mass is 315 g/mol. The number of benzene rings is 1. The van der Waals surface area contributed by atoms with Crippen LogP contribution in [-0.2, 0) is 4.79 Å². The fourth-order valence-corrected chi connectivity index (χ4v) is 4.73. The Bertz CT molecular complexity index is 697. The highest BCUT2D eigenvalue weighted by atomic mass is 32.1. The van der Waals surface area contributed by atoms with Crippen LogP contribution in [0.1, 0.15) is 37.1 Å². The van der Waals surface area contributed by atoms with Crippen LogP contribution in [0.25, 0.3) is 10.2 Å². The summed E-state index contributed by atoms with van der Waals surface area (Å²) in [5.41, 5.74) is 1.88. The average Bonchev–Trinajstić information content (AvgIpc) is 3.08. The number of fused-ring (bicyclic) bond motifs is 2. The lowest BCUT2D eigenvalue weighted by Crippen LogP contribution is -2.39. The van der Waals surface area contributed by atoms with Gasteiger partial charge < -0.3 is 10.6 Å². The molecule has 4 nitrogen and oxygen atoms in total. The number of nitrogens with zero attached hydrogens (tertiary/aromatic N) is 1. The van der Waals surface area contributed by atoms with Crippen LogP contribution >= 0.6 is 11.3 Å². The first-order chi connectivity index (χ1) is 10.7. The zero-order valence-electron chi connectivity index (χ0n) is 12.8. The zero-order valence-corrected chi connectivity index (χ0v) is 13.6. The fourth-order valence-electron chi connectivity index (χ4n) is 3.87. The van der Waals surface area contributed by atoms with E-state index in [9.17, 15) is 4.79 Å². The van der Waals surface area contributed by atoms with Gasteiger partial charge in [0, 0.05) is 11.7 Å². The molecule has 0 radical (unpaired) electrons. The highest BCUT2D eigenvalue weighted by Gasteiger charge is 2.38. The maximum Gasteiger partial charge on any atom is 0.241 e. The van der Waals surface area contributed by atoms with Crippen LogP contribution in [0.2, 0.25) is 0 Å². The van der Waals surface area contributed by atoms with Crippen LogP contribution in [0.5, 0.6) is 0 Å². The summed E-state index contributed by atoms with van der Waals surface area (Å²) in [6, 6.07) is 6.47. The quantitative estimate of drug-likeness (QED) is 0.892. The first-order valence-corrected chi connectivity index (χ1v) is 8.95. The van der Waals surface area contributed by atoms with Gasteiger partial charge in [0.25, 0.3) is 0 Å². The van der Waals surface area contributed by atoms with Crippen molar-refractivity contribution in [2.24, 2.45) is 5.92 Å². The van der Waals surface area contributed by atoms with E-state index < -0.39 is 0 Å². The van der Waals surface area contributed by atoms with E-state index in [1.807, 2.05) is 25.1 Å². The molecular formula is C17H21N3OS. The van der Waals surface area contributed by atoms with Gasteiger partial charge in [0.1, 0.15) is 0 Å². The van der Waals surface area contributed by atoms with Gasteiger partial charge in [0.15, 0.2) is 0 Å².